The summed E-state index contributed by atoms with van der Waals surface area (Å²) in [6, 6.07) is 6.70. The first-order valence-corrected chi connectivity index (χ1v) is 7.44. The Labute approximate surface area is 125 Å². The number of hydrogen-bond acceptors (Lipinski definition) is 3. The molecule has 2 rings (SSSR count). The maximum absolute atomic E-state index is 13.7. The number of para-hydroxylation sites is 1. The van der Waals surface area contributed by atoms with E-state index in [0.29, 0.717) is 17.3 Å². The average Bonchev–Trinajstić information content (AvgIpc) is 2.79. The van der Waals surface area contributed by atoms with Gasteiger partial charge in [-0.1, -0.05) is 39.8 Å². The molecule has 2 atom stereocenters. The van der Waals surface area contributed by atoms with Gasteiger partial charge in [0.25, 0.3) is 0 Å². The van der Waals surface area contributed by atoms with Crippen LogP contribution in [-0.2, 0) is 0 Å². The molecular formula is C17H25FN2O. The summed E-state index contributed by atoms with van der Waals surface area (Å²) in [6.45, 7) is 8.89. The molecule has 0 fully saturated rings. The van der Waals surface area contributed by atoms with Crippen LogP contribution in [0.4, 0.5) is 4.39 Å². The smallest absolute Gasteiger partial charge is 0.169 e. The van der Waals surface area contributed by atoms with Crippen LogP contribution in [0.5, 0.6) is 0 Å². The topological polar surface area (TPSA) is 51.2 Å². The number of nitrogens with one attached hydrogen (secondary N) is 1. The molecule has 0 aliphatic carbocycles. The molecule has 0 aliphatic rings. The molecule has 0 amide bonds. The van der Waals surface area contributed by atoms with Crippen LogP contribution in [0.2, 0.25) is 0 Å². The van der Waals surface area contributed by atoms with Gasteiger partial charge in [0.15, 0.2) is 11.4 Å². The first kappa shape index (κ1) is 16.0. The Morgan fingerprint density at radius 3 is 2.62 bits per heavy atom. The fraction of sp³-hybridized carbons (Fsp3) is 0.529. The Kier molecular flexibility index (Phi) is 4.69. The third-order valence-electron chi connectivity index (χ3n) is 3.66. The Hall–Kier alpha value is -1.39. The molecule has 3 N–H and O–H groups in total. The molecule has 0 saturated carbocycles. The Bertz CT molecular complexity index is 600. The molecule has 21 heavy (non-hydrogen) atoms. The van der Waals surface area contributed by atoms with E-state index in [4.69, 9.17) is 10.3 Å². The number of halogens is 1. The van der Waals surface area contributed by atoms with Crippen LogP contribution in [0.15, 0.2) is 28.7 Å². The summed E-state index contributed by atoms with van der Waals surface area (Å²) in [7, 11) is 0. The lowest BCUT2D eigenvalue weighted by molar-refractivity contribution is 0.266. The number of hydrogen-bond donors (Lipinski definition) is 2. The molecule has 1 aromatic heterocycles. The highest BCUT2D eigenvalue weighted by molar-refractivity contribution is 5.78. The van der Waals surface area contributed by atoms with Crippen molar-refractivity contribution in [1.82, 2.24) is 5.43 Å². The zero-order valence-corrected chi connectivity index (χ0v) is 13.2. The highest BCUT2D eigenvalue weighted by Gasteiger charge is 2.22. The lowest BCUT2D eigenvalue weighted by Crippen LogP contribution is -2.29. The van der Waals surface area contributed by atoms with Crippen LogP contribution in [0.1, 0.15) is 52.3 Å². The molecule has 2 unspecified atom stereocenters. The number of furan rings is 1. The molecule has 0 radical (unpaired) electrons. The van der Waals surface area contributed by atoms with Crippen LogP contribution in [0.3, 0.4) is 0 Å². The molecule has 2 aromatic rings. The van der Waals surface area contributed by atoms with Gasteiger partial charge in [-0.2, -0.15) is 0 Å². The van der Waals surface area contributed by atoms with Crippen molar-refractivity contribution in [2.24, 2.45) is 17.2 Å². The van der Waals surface area contributed by atoms with E-state index in [2.05, 4.69) is 33.1 Å². The van der Waals surface area contributed by atoms with Gasteiger partial charge in [0.1, 0.15) is 5.76 Å². The maximum Gasteiger partial charge on any atom is 0.169 e. The predicted molar refractivity (Wildman–Crippen MR) is 84.1 cm³/mol. The molecule has 4 heteroatoms. The van der Waals surface area contributed by atoms with Crippen LogP contribution in [0, 0.1) is 17.2 Å². The van der Waals surface area contributed by atoms with Crippen LogP contribution in [0.25, 0.3) is 11.0 Å². The molecule has 0 bridgehead atoms. The number of fused-ring (bicyclic) bond motifs is 1. The van der Waals surface area contributed by atoms with Crippen molar-refractivity contribution in [2.75, 3.05) is 0 Å². The van der Waals surface area contributed by atoms with Crippen molar-refractivity contribution in [1.29, 1.82) is 0 Å². The van der Waals surface area contributed by atoms with E-state index in [1.54, 1.807) is 6.07 Å². The van der Waals surface area contributed by atoms with Crippen molar-refractivity contribution >= 4 is 11.0 Å². The normalized spacial score (nSPS) is 15.3. The maximum atomic E-state index is 13.7. The van der Waals surface area contributed by atoms with Crippen molar-refractivity contribution in [3.63, 3.8) is 0 Å². The Balaban J connectivity index is 2.18. The largest absolute Gasteiger partial charge is 0.456 e. The van der Waals surface area contributed by atoms with Crippen LogP contribution < -0.4 is 11.3 Å². The van der Waals surface area contributed by atoms with E-state index in [0.717, 1.165) is 18.2 Å². The fourth-order valence-corrected chi connectivity index (χ4v) is 3.02. The zero-order chi connectivity index (χ0) is 15.6. The Morgan fingerprint density at radius 1 is 1.33 bits per heavy atom. The van der Waals surface area contributed by atoms with E-state index in [-0.39, 0.29) is 17.3 Å². The Morgan fingerprint density at radius 2 is 2.05 bits per heavy atom. The molecule has 116 valence electrons. The summed E-state index contributed by atoms with van der Waals surface area (Å²) in [6.07, 6.45) is 1.95. The SMILES string of the molecule is CC(CC(NN)c1cc2cccc(F)c2o1)CC(C)(C)C. The predicted octanol–water partition coefficient (Wildman–Crippen LogP) is 4.54. The number of rotatable bonds is 5. The van der Waals surface area contributed by atoms with Gasteiger partial charge < -0.3 is 4.42 Å². The quantitative estimate of drug-likeness (QED) is 0.628. The highest BCUT2D eigenvalue weighted by atomic mass is 19.1. The van der Waals surface area contributed by atoms with E-state index < -0.39 is 0 Å². The van der Waals surface area contributed by atoms with Crippen molar-refractivity contribution in [2.45, 2.75) is 46.6 Å². The first-order chi connectivity index (χ1) is 9.80. The average molecular weight is 292 g/mol. The van der Waals surface area contributed by atoms with Gasteiger partial charge in [0, 0.05) is 5.39 Å². The minimum atomic E-state index is -0.336. The monoisotopic (exact) mass is 292 g/mol. The summed E-state index contributed by atoms with van der Waals surface area (Å²) in [5, 5.41) is 0.772. The molecule has 0 saturated heterocycles. The second kappa shape index (κ2) is 6.16. The van der Waals surface area contributed by atoms with E-state index in [9.17, 15) is 4.39 Å². The fourth-order valence-electron chi connectivity index (χ4n) is 3.02. The minimum absolute atomic E-state index is 0.103. The van der Waals surface area contributed by atoms with Gasteiger partial charge in [-0.25, -0.2) is 9.82 Å². The van der Waals surface area contributed by atoms with E-state index in [1.165, 1.54) is 6.07 Å². The molecule has 1 heterocycles. The van der Waals surface area contributed by atoms with Gasteiger partial charge in [-0.05, 0) is 36.3 Å². The van der Waals surface area contributed by atoms with Crippen LogP contribution >= 0.6 is 0 Å². The summed E-state index contributed by atoms with van der Waals surface area (Å²) < 4.78 is 19.4. The number of hydrazine groups is 1. The summed E-state index contributed by atoms with van der Waals surface area (Å²) in [5.74, 6) is 6.52. The van der Waals surface area contributed by atoms with Crippen molar-refractivity contribution in [3.05, 3.63) is 35.8 Å². The minimum Gasteiger partial charge on any atom is -0.456 e. The van der Waals surface area contributed by atoms with E-state index in [1.807, 2.05) is 12.1 Å². The molecule has 3 nitrogen and oxygen atoms in total. The number of benzene rings is 1. The third kappa shape index (κ3) is 4.05. The van der Waals surface area contributed by atoms with Gasteiger partial charge >= 0.3 is 0 Å². The lowest BCUT2D eigenvalue weighted by Gasteiger charge is -2.25. The number of nitrogens with two attached hydrogens (primary N) is 1. The summed E-state index contributed by atoms with van der Waals surface area (Å²) in [5.41, 5.74) is 3.38. The van der Waals surface area contributed by atoms with Gasteiger partial charge in [-0.15, -0.1) is 0 Å². The summed E-state index contributed by atoms with van der Waals surface area (Å²) in [4.78, 5) is 0. The third-order valence-corrected chi connectivity index (χ3v) is 3.66. The first-order valence-electron chi connectivity index (χ1n) is 7.44. The van der Waals surface area contributed by atoms with Gasteiger partial charge in [0.05, 0.1) is 6.04 Å². The second-order valence-electron chi connectivity index (χ2n) is 7.13. The van der Waals surface area contributed by atoms with Crippen molar-refractivity contribution < 1.29 is 8.81 Å². The highest BCUT2D eigenvalue weighted by Crippen LogP contribution is 2.32. The molecular weight excluding hydrogens is 267 g/mol. The summed E-state index contributed by atoms with van der Waals surface area (Å²) >= 11 is 0. The standard InChI is InChI=1S/C17H25FN2O/c1-11(10-17(2,3)4)8-14(20-19)15-9-12-6-5-7-13(18)16(12)21-15/h5-7,9,11,14,20H,8,10,19H2,1-4H3. The zero-order valence-electron chi connectivity index (χ0n) is 13.2. The van der Waals surface area contributed by atoms with Crippen molar-refractivity contribution in [3.8, 4) is 0 Å². The molecule has 0 aliphatic heterocycles. The van der Waals surface area contributed by atoms with Gasteiger partial charge in [-0.3, -0.25) is 5.84 Å². The molecule has 1 aromatic carbocycles. The molecule has 0 spiro atoms. The van der Waals surface area contributed by atoms with Gasteiger partial charge in [0.2, 0.25) is 0 Å². The van der Waals surface area contributed by atoms with Crippen LogP contribution in [-0.4, -0.2) is 0 Å². The second-order valence-corrected chi connectivity index (χ2v) is 7.13. The lowest BCUT2D eigenvalue weighted by atomic mass is 9.82. The van der Waals surface area contributed by atoms with E-state index >= 15 is 0 Å².